The highest BCUT2D eigenvalue weighted by Gasteiger charge is 2.31. The van der Waals surface area contributed by atoms with Gasteiger partial charge in [0.05, 0.1) is 12.3 Å². The summed E-state index contributed by atoms with van der Waals surface area (Å²) in [6.07, 6.45) is 1.36. The molecule has 0 saturated carbocycles. The number of halogens is 1. The lowest BCUT2D eigenvalue weighted by molar-refractivity contribution is 0.163. The number of nitrogens with zero attached hydrogens (tertiary/aromatic N) is 1. The number of benzene rings is 1. The first-order valence-corrected chi connectivity index (χ1v) is 8.38. The van der Waals surface area contributed by atoms with Gasteiger partial charge in [0.15, 0.2) is 0 Å². The number of hydrogen-bond acceptors (Lipinski definition) is 4. The van der Waals surface area contributed by atoms with Crippen molar-refractivity contribution in [2.75, 3.05) is 26.0 Å². The highest BCUT2D eigenvalue weighted by Crippen LogP contribution is 2.26. The van der Waals surface area contributed by atoms with Crippen molar-refractivity contribution in [1.29, 1.82) is 0 Å². The van der Waals surface area contributed by atoms with E-state index in [-0.39, 0.29) is 29.8 Å². The van der Waals surface area contributed by atoms with E-state index in [9.17, 15) is 12.8 Å². The van der Waals surface area contributed by atoms with Gasteiger partial charge in [-0.25, -0.2) is 12.8 Å². The zero-order valence-corrected chi connectivity index (χ0v) is 13.5. The fourth-order valence-corrected chi connectivity index (χ4v) is 4.11. The van der Waals surface area contributed by atoms with Crippen LogP contribution in [0.25, 0.3) is 0 Å². The van der Waals surface area contributed by atoms with Crippen LogP contribution < -0.4 is 5.73 Å². The van der Waals surface area contributed by atoms with E-state index in [1.165, 1.54) is 17.5 Å². The van der Waals surface area contributed by atoms with Gasteiger partial charge >= 0.3 is 0 Å². The molecule has 1 rings (SSSR count). The number of hydrogen-bond donors (Lipinski definition) is 1. The molecule has 0 saturated heterocycles. The van der Waals surface area contributed by atoms with E-state index in [1.54, 1.807) is 0 Å². The first-order chi connectivity index (χ1) is 9.88. The Morgan fingerprint density at radius 3 is 2.43 bits per heavy atom. The molecule has 0 amide bonds. The molecule has 0 fully saturated rings. The fourth-order valence-electron chi connectivity index (χ4n) is 2.26. The summed E-state index contributed by atoms with van der Waals surface area (Å²) in [4.78, 5) is -0.0631. The van der Waals surface area contributed by atoms with Gasteiger partial charge in [-0.15, -0.1) is 0 Å². The van der Waals surface area contributed by atoms with Gasteiger partial charge in [-0.3, -0.25) is 0 Å². The van der Waals surface area contributed by atoms with Gasteiger partial charge in [-0.1, -0.05) is 13.8 Å². The van der Waals surface area contributed by atoms with Crippen LogP contribution in [0, 0.1) is 5.82 Å². The van der Waals surface area contributed by atoms with Gasteiger partial charge < -0.3 is 10.5 Å². The number of ether oxygens (including phenoxy) is 1. The Bertz CT molecular complexity index is 559. The quantitative estimate of drug-likeness (QED) is 0.746. The Balaban J connectivity index is 3.25. The maximum absolute atomic E-state index is 13.1. The summed E-state index contributed by atoms with van der Waals surface area (Å²) in [5, 5.41) is 0. The monoisotopic (exact) mass is 318 g/mol. The van der Waals surface area contributed by atoms with Gasteiger partial charge in [-0.2, -0.15) is 4.31 Å². The Labute approximate surface area is 125 Å². The Kier molecular flexibility index (Phi) is 6.57. The number of methoxy groups -OCH3 is 1. The molecule has 0 aliphatic carbocycles. The average molecular weight is 318 g/mol. The Hall–Kier alpha value is -1.18. The molecule has 0 spiro atoms. The maximum Gasteiger partial charge on any atom is 0.245 e. The zero-order chi connectivity index (χ0) is 16.0. The molecule has 0 aliphatic heterocycles. The minimum Gasteiger partial charge on any atom is -0.398 e. The molecule has 0 atom stereocenters. The fraction of sp³-hybridized carbons (Fsp3) is 0.571. The SMILES string of the molecule is CCC(CC)N(CCOC)S(=O)(=O)c1ccc(F)cc1N. The number of sulfonamides is 1. The molecule has 120 valence electrons. The lowest BCUT2D eigenvalue weighted by Gasteiger charge is -2.29. The van der Waals surface area contributed by atoms with Crippen molar-refractivity contribution in [1.82, 2.24) is 4.31 Å². The van der Waals surface area contributed by atoms with Gasteiger partial charge in [0, 0.05) is 19.7 Å². The molecular formula is C14H23FN2O3S. The van der Waals surface area contributed by atoms with Gasteiger partial charge in [0.2, 0.25) is 10.0 Å². The van der Waals surface area contributed by atoms with Crippen molar-refractivity contribution in [3.63, 3.8) is 0 Å². The van der Waals surface area contributed by atoms with Crippen LogP contribution in [0.5, 0.6) is 0 Å². The van der Waals surface area contributed by atoms with Crippen LogP contribution >= 0.6 is 0 Å². The molecule has 0 aromatic heterocycles. The van der Waals surface area contributed by atoms with E-state index in [2.05, 4.69) is 0 Å². The minimum atomic E-state index is -3.78. The normalized spacial score (nSPS) is 12.3. The molecule has 0 radical (unpaired) electrons. The first kappa shape index (κ1) is 17.9. The summed E-state index contributed by atoms with van der Waals surface area (Å²) in [7, 11) is -2.26. The lowest BCUT2D eigenvalue weighted by atomic mass is 10.2. The van der Waals surface area contributed by atoms with Crippen LogP contribution in [0.1, 0.15) is 26.7 Å². The predicted octanol–water partition coefficient (Wildman–Crippen LogP) is 2.23. The molecule has 21 heavy (non-hydrogen) atoms. The van der Waals surface area contributed by atoms with Crippen molar-refractivity contribution in [3.05, 3.63) is 24.0 Å². The van der Waals surface area contributed by atoms with Gasteiger partial charge in [0.25, 0.3) is 0 Å². The zero-order valence-electron chi connectivity index (χ0n) is 12.7. The molecule has 0 aliphatic rings. The predicted molar refractivity (Wildman–Crippen MR) is 81.0 cm³/mol. The molecule has 5 nitrogen and oxygen atoms in total. The third-order valence-electron chi connectivity index (χ3n) is 3.42. The van der Waals surface area contributed by atoms with Crippen molar-refractivity contribution < 1.29 is 17.5 Å². The average Bonchev–Trinajstić information content (AvgIpc) is 2.42. The number of rotatable bonds is 8. The second-order valence-electron chi connectivity index (χ2n) is 4.76. The standard InChI is InChI=1S/C14H23FN2O3S/c1-4-12(5-2)17(8-9-20-3)21(18,19)14-7-6-11(15)10-13(14)16/h6-7,10,12H,4-5,8-9,16H2,1-3H3. The Morgan fingerprint density at radius 1 is 1.33 bits per heavy atom. The maximum atomic E-state index is 13.1. The molecule has 0 heterocycles. The summed E-state index contributed by atoms with van der Waals surface area (Å²) < 4.78 is 45.1. The molecule has 0 bridgehead atoms. The molecule has 7 heteroatoms. The molecule has 0 unspecified atom stereocenters. The van der Waals surface area contributed by atoms with Gasteiger partial charge in [-0.05, 0) is 31.0 Å². The van der Waals surface area contributed by atoms with Crippen LogP contribution in [0.2, 0.25) is 0 Å². The van der Waals surface area contributed by atoms with Crippen LogP contribution in [0.3, 0.4) is 0 Å². The van der Waals surface area contributed by atoms with E-state index in [0.717, 1.165) is 12.1 Å². The summed E-state index contributed by atoms with van der Waals surface area (Å²) in [5.74, 6) is -0.558. The number of anilines is 1. The highest BCUT2D eigenvalue weighted by molar-refractivity contribution is 7.89. The van der Waals surface area contributed by atoms with Crippen LogP contribution in [0.4, 0.5) is 10.1 Å². The van der Waals surface area contributed by atoms with Crippen molar-refractivity contribution in [2.45, 2.75) is 37.6 Å². The van der Waals surface area contributed by atoms with Crippen molar-refractivity contribution in [3.8, 4) is 0 Å². The lowest BCUT2D eigenvalue weighted by Crippen LogP contribution is -2.42. The third kappa shape index (κ3) is 4.15. The second-order valence-corrected chi connectivity index (χ2v) is 6.62. The minimum absolute atomic E-state index is 0.0631. The van der Waals surface area contributed by atoms with E-state index in [4.69, 9.17) is 10.5 Å². The van der Waals surface area contributed by atoms with Crippen LogP contribution in [0.15, 0.2) is 23.1 Å². The summed E-state index contributed by atoms with van der Waals surface area (Å²) in [6.45, 7) is 4.38. The third-order valence-corrected chi connectivity index (χ3v) is 5.45. The first-order valence-electron chi connectivity index (χ1n) is 6.94. The van der Waals surface area contributed by atoms with Crippen LogP contribution in [-0.4, -0.2) is 39.0 Å². The van der Waals surface area contributed by atoms with E-state index < -0.39 is 15.8 Å². The van der Waals surface area contributed by atoms with Gasteiger partial charge in [0.1, 0.15) is 10.7 Å². The number of nitrogen functional groups attached to an aromatic ring is 1. The van der Waals surface area contributed by atoms with E-state index in [1.807, 2.05) is 13.8 Å². The summed E-state index contributed by atoms with van der Waals surface area (Å²) >= 11 is 0. The smallest absolute Gasteiger partial charge is 0.245 e. The molecule has 2 N–H and O–H groups in total. The Morgan fingerprint density at radius 2 is 1.95 bits per heavy atom. The largest absolute Gasteiger partial charge is 0.398 e. The second kappa shape index (κ2) is 7.72. The number of nitrogens with two attached hydrogens (primary N) is 1. The highest BCUT2D eigenvalue weighted by atomic mass is 32.2. The topological polar surface area (TPSA) is 72.6 Å². The summed E-state index contributed by atoms with van der Waals surface area (Å²) in [6, 6.07) is 3.19. The molecular weight excluding hydrogens is 295 g/mol. The van der Waals surface area contributed by atoms with Crippen LogP contribution in [-0.2, 0) is 14.8 Å². The molecule has 1 aromatic rings. The van der Waals surface area contributed by atoms with E-state index >= 15 is 0 Å². The van der Waals surface area contributed by atoms with Crippen molar-refractivity contribution >= 4 is 15.7 Å². The summed E-state index contributed by atoms with van der Waals surface area (Å²) in [5.41, 5.74) is 5.60. The molecule has 1 aromatic carbocycles. The van der Waals surface area contributed by atoms with Crippen molar-refractivity contribution in [2.24, 2.45) is 0 Å². The van der Waals surface area contributed by atoms with E-state index in [0.29, 0.717) is 12.8 Å².